The molecule has 0 unspecified atom stereocenters. The molecule has 152 valence electrons. The SMILES string of the molecule is COc1ccccc1[C@H](C)NC(=O)[C@H](C)N(c1cc(Cl)cc(Cl)c1)S(C)(=O)=O. The van der Waals surface area contributed by atoms with Gasteiger partial charge in [-0.3, -0.25) is 9.10 Å². The van der Waals surface area contributed by atoms with Gasteiger partial charge in [0.25, 0.3) is 0 Å². The van der Waals surface area contributed by atoms with Crippen molar-refractivity contribution in [2.24, 2.45) is 0 Å². The fourth-order valence-corrected chi connectivity index (χ4v) is 4.58. The van der Waals surface area contributed by atoms with Gasteiger partial charge in [0.1, 0.15) is 11.8 Å². The zero-order valence-electron chi connectivity index (χ0n) is 15.9. The number of carbonyl (C=O) groups excluding carboxylic acids is 1. The van der Waals surface area contributed by atoms with Crippen LogP contribution < -0.4 is 14.4 Å². The molecular weight excluding hydrogens is 423 g/mol. The smallest absolute Gasteiger partial charge is 0.244 e. The van der Waals surface area contributed by atoms with Crippen LogP contribution in [0.4, 0.5) is 5.69 Å². The first-order chi connectivity index (χ1) is 13.0. The van der Waals surface area contributed by atoms with Crippen LogP contribution in [-0.4, -0.2) is 33.7 Å². The highest BCUT2D eigenvalue weighted by Crippen LogP contribution is 2.29. The molecule has 6 nitrogen and oxygen atoms in total. The number of carbonyl (C=O) groups is 1. The summed E-state index contributed by atoms with van der Waals surface area (Å²) in [6.45, 7) is 3.30. The Kier molecular flexibility index (Phi) is 7.20. The number of nitrogens with one attached hydrogen (secondary N) is 1. The van der Waals surface area contributed by atoms with Crippen LogP contribution in [0.3, 0.4) is 0 Å². The number of ether oxygens (including phenoxy) is 1. The summed E-state index contributed by atoms with van der Waals surface area (Å²) in [5, 5.41) is 3.37. The molecule has 1 N–H and O–H groups in total. The van der Waals surface area contributed by atoms with E-state index in [4.69, 9.17) is 27.9 Å². The molecule has 0 aliphatic rings. The van der Waals surface area contributed by atoms with Crippen LogP contribution in [0.15, 0.2) is 42.5 Å². The number of hydrogen-bond acceptors (Lipinski definition) is 4. The normalized spacial score (nSPS) is 13.5. The Morgan fingerprint density at radius 1 is 1.11 bits per heavy atom. The van der Waals surface area contributed by atoms with Crippen molar-refractivity contribution in [2.45, 2.75) is 25.9 Å². The molecule has 0 spiro atoms. The maximum Gasteiger partial charge on any atom is 0.244 e. The van der Waals surface area contributed by atoms with Crippen LogP contribution in [0, 0.1) is 0 Å². The first kappa shape index (κ1) is 22.3. The number of sulfonamides is 1. The lowest BCUT2D eigenvalue weighted by Crippen LogP contribution is -2.48. The molecule has 0 aliphatic heterocycles. The van der Waals surface area contributed by atoms with Crippen molar-refractivity contribution in [1.29, 1.82) is 0 Å². The number of amides is 1. The molecule has 0 bridgehead atoms. The second-order valence-electron chi connectivity index (χ2n) is 6.33. The van der Waals surface area contributed by atoms with Gasteiger partial charge in [-0.15, -0.1) is 0 Å². The van der Waals surface area contributed by atoms with E-state index in [1.165, 1.54) is 25.1 Å². The molecule has 0 radical (unpaired) electrons. The molecule has 0 aromatic heterocycles. The Balaban J connectivity index is 2.31. The molecule has 9 heteroatoms. The highest BCUT2D eigenvalue weighted by Gasteiger charge is 2.30. The number of anilines is 1. The number of rotatable bonds is 7. The summed E-state index contributed by atoms with van der Waals surface area (Å²) in [4.78, 5) is 12.8. The average Bonchev–Trinajstić information content (AvgIpc) is 2.59. The summed E-state index contributed by atoms with van der Waals surface area (Å²) in [6.07, 6.45) is 1.02. The maximum atomic E-state index is 12.8. The number of halogens is 2. The molecule has 0 saturated heterocycles. The van der Waals surface area contributed by atoms with Crippen LogP contribution in [0.1, 0.15) is 25.5 Å². The molecule has 0 heterocycles. The molecule has 0 aliphatic carbocycles. The van der Waals surface area contributed by atoms with Crippen LogP contribution in [-0.2, 0) is 14.8 Å². The lowest BCUT2D eigenvalue weighted by molar-refractivity contribution is -0.122. The summed E-state index contributed by atoms with van der Waals surface area (Å²) in [5.41, 5.74) is 0.995. The quantitative estimate of drug-likeness (QED) is 0.698. The van der Waals surface area contributed by atoms with Gasteiger partial charge >= 0.3 is 0 Å². The Labute approximate surface area is 175 Å². The number of hydrogen-bond donors (Lipinski definition) is 1. The lowest BCUT2D eigenvalue weighted by atomic mass is 10.1. The maximum absolute atomic E-state index is 12.8. The van der Waals surface area contributed by atoms with E-state index in [0.717, 1.165) is 16.1 Å². The van der Waals surface area contributed by atoms with Gasteiger partial charge in [-0.1, -0.05) is 41.4 Å². The third kappa shape index (κ3) is 5.31. The van der Waals surface area contributed by atoms with Crippen LogP contribution in [0.2, 0.25) is 10.0 Å². The van der Waals surface area contributed by atoms with Gasteiger partial charge in [-0.2, -0.15) is 0 Å². The molecule has 0 saturated carbocycles. The van der Waals surface area contributed by atoms with E-state index in [1.807, 2.05) is 18.2 Å². The van der Waals surface area contributed by atoms with Crippen LogP contribution >= 0.6 is 23.2 Å². The third-order valence-corrected chi connectivity index (χ3v) is 5.83. The Morgan fingerprint density at radius 3 is 2.21 bits per heavy atom. The summed E-state index contributed by atoms with van der Waals surface area (Å²) in [6, 6.07) is 10.2. The van der Waals surface area contributed by atoms with E-state index in [2.05, 4.69) is 5.32 Å². The van der Waals surface area contributed by atoms with Gasteiger partial charge in [-0.25, -0.2) is 8.42 Å². The summed E-state index contributed by atoms with van der Waals surface area (Å²) in [5.74, 6) is 0.157. The van der Waals surface area contributed by atoms with Crippen LogP contribution in [0.5, 0.6) is 5.75 Å². The second kappa shape index (κ2) is 9.03. The average molecular weight is 445 g/mol. The topological polar surface area (TPSA) is 75.7 Å². The van der Waals surface area contributed by atoms with Crippen molar-refractivity contribution in [1.82, 2.24) is 5.32 Å². The third-order valence-electron chi connectivity index (χ3n) is 4.15. The van der Waals surface area contributed by atoms with E-state index in [1.54, 1.807) is 20.1 Å². The fraction of sp³-hybridized carbons (Fsp3) is 0.316. The molecule has 1 amide bonds. The lowest BCUT2D eigenvalue weighted by Gasteiger charge is -2.29. The number of para-hydroxylation sites is 1. The van der Waals surface area contributed by atoms with Crippen molar-refractivity contribution in [3.63, 3.8) is 0 Å². The van der Waals surface area contributed by atoms with Crippen LogP contribution in [0.25, 0.3) is 0 Å². The van der Waals surface area contributed by atoms with E-state index in [-0.39, 0.29) is 15.7 Å². The standard InChI is InChI=1S/C19H22Cl2N2O4S/c1-12(17-7-5-6-8-18(17)27-3)22-19(24)13(2)23(28(4,25)26)16-10-14(20)9-15(21)11-16/h5-13H,1-4H3,(H,22,24)/t12-,13-/m0/s1. The zero-order chi connectivity index (χ0) is 21.1. The van der Waals surface area contributed by atoms with E-state index < -0.39 is 28.0 Å². The fourth-order valence-electron chi connectivity index (χ4n) is 2.91. The number of methoxy groups -OCH3 is 1. The minimum Gasteiger partial charge on any atom is -0.496 e. The van der Waals surface area contributed by atoms with Gasteiger partial charge < -0.3 is 10.1 Å². The molecule has 2 rings (SSSR count). The van der Waals surface area contributed by atoms with E-state index in [0.29, 0.717) is 5.75 Å². The Bertz CT molecular complexity index is 946. The Hall–Kier alpha value is -1.96. The van der Waals surface area contributed by atoms with Crippen molar-refractivity contribution < 1.29 is 17.9 Å². The van der Waals surface area contributed by atoms with Gasteiger partial charge in [-0.05, 0) is 38.1 Å². The van der Waals surface area contributed by atoms with Crippen molar-refractivity contribution in [3.8, 4) is 5.75 Å². The molecule has 2 aromatic rings. The number of nitrogens with zero attached hydrogens (tertiary/aromatic N) is 1. The predicted octanol–water partition coefficient (Wildman–Crippen LogP) is 4.03. The van der Waals surface area contributed by atoms with Crippen molar-refractivity contribution >= 4 is 44.8 Å². The van der Waals surface area contributed by atoms with Gasteiger partial charge in [0, 0.05) is 15.6 Å². The summed E-state index contributed by atoms with van der Waals surface area (Å²) in [7, 11) is -2.23. The predicted molar refractivity (Wildman–Crippen MR) is 113 cm³/mol. The summed E-state index contributed by atoms with van der Waals surface area (Å²) >= 11 is 12.0. The van der Waals surface area contributed by atoms with Gasteiger partial charge in [0.05, 0.1) is 25.1 Å². The first-order valence-electron chi connectivity index (χ1n) is 8.43. The second-order valence-corrected chi connectivity index (χ2v) is 9.07. The van der Waals surface area contributed by atoms with Gasteiger partial charge in [0.2, 0.25) is 15.9 Å². The van der Waals surface area contributed by atoms with Crippen molar-refractivity contribution in [2.75, 3.05) is 17.7 Å². The largest absolute Gasteiger partial charge is 0.496 e. The van der Waals surface area contributed by atoms with E-state index >= 15 is 0 Å². The monoisotopic (exact) mass is 444 g/mol. The highest BCUT2D eigenvalue weighted by atomic mass is 35.5. The molecule has 2 atom stereocenters. The molecular formula is C19H22Cl2N2O4S. The minimum atomic E-state index is -3.78. The molecule has 2 aromatic carbocycles. The highest BCUT2D eigenvalue weighted by molar-refractivity contribution is 7.92. The molecule has 28 heavy (non-hydrogen) atoms. The van der Waals surface area contributed by atoms with Crippen molar-refractivity contribution in [3.05, 3.63) is 58.1 Å². The number of benzene rings is 2. The summed E-state index contributed by atoms with van der Waals surface area (Å²) < 4.78 is 31.1. The van der Waals surface area contributed by atoms with E-state index in [9.17, 15) is 13.2 Å². The first-order valence-corrected chi connectivity index (χ1v) is 11.0. The minimum absolute atomic E-state index is 0.215. The molecule has 0 fully saturated rings. The van der Waals surface area contributed by atoms with Gasteiger partial charge in [0.15, 0.2) is 0 Å². The Morgan fingerprint density at radius 2 is 1.68 bits per heavy atom. The zero-order valence-corrected chi connectivity index (χ0v) is 18.3.